The molecule has 0 N–H and O–H groups in total. The summed E-state index contributed by atoms with van der Waals surface area (Å²) in [6.45, 7) is 0. The van der Waals surface area contributed by atoms with Crippen LogP contribution in [-0.2, 0) is 4.79 Å². The van der Waals surface area contributed by atoms with Crippen LogP contribution in [0.1, 0.15) is 5.56 Å². The third-order valence-corrected chi connectivity index (χ3v) is 1.96. The van der Waals surface area contributed by atoms with Crippen molar-refractivity contribution in [2.75, 3.05) is 7.11 Å². The summed E-state index contributed by atoms with van der Waals surface area (Å²) in [6.07, 6.45) is 1.43. The monoisotopic (exact) mass is 221 g/mol. The van der Waals surface area contributed by atoms with E-state index in [-0.39, 0.29) is 5.57 Å². The fourth-order valence-electron chi connectivity index (χ4n) is 1.000. The van der Waals surface area contributed by atoms with Crippen molar-refractivity contribution in [1.29, 1.82) is 5.26 Å². The maximum Gasteiger partial charge on any atom is 0.262 e. The molecule has 0 unspecified atom stereocenters. The van der Waals surface area contributed by atoms with Crippen molar-refractivity contribution in [3.63, 3.8) is 0 Å². The molecule has 0 saturated heterocycles. The van der Waals surface area contributed by atoms with Gasteiger partial charge < -0.3 is 4.74 Å². The van der Waals surface area contributed by atoms with Crippen molar-refractivity contribution in [2.24, 2.45) is 0 Å². The van der Waals surface area contributed by atoms with Crippen LogP contribution in [0.3, 0.4) is 0 Å². The number of nitrogens with zero attached hydrogens (tertiary/aromatic N) is 1. The van der Waals surface area contributed by atoms with E-state index in [1.165, 1.54) is 6.08 Å². The molecule has 0 spiro atoms. The third kappa shape index (κ3) is 3.12. The van der Waals surface area contributed by atoms with Crippen LogP contribution in [0.2, 0.25) is 0 Å². The van der Waals surface area contributed by atoms with Crippen molar-refractivity contribution < 1.29 is 9.53 Å². The van der Waals surface area contributed by atoms with Crippen LogP contribution in [0.5, 0.6) is 5.75 Å². The number of benzene rings is 1. The van der Waals surface area contributed by atoms with Crippen molar-refractivity contribution in [1.82, 2.24) is 0 Å². The van der Waals surface area contributed by atoms with Gasteiger partial charge in [0.1, 0.15) is 17.4 Å². The van der Waals surface area contributed by atoms with E-state index in [0.29, 0.717) is 5.75 Å². The normalized spacial score (nSPS) is 10.6. The Morgan fingerprint density at radius 1 is 1.47 bits per heavy atom. The van der Waals surface area contributed by atoms with Gasteiger partial charge in [0.25, 0.3) is 5.24 Å². The number of allylic oxidation sites excluding steroid dienone is 1. The minimum absolute atomic E-state index is 0.0816. The first-order valence-electron chi connectivity index (χ1n) is 4.13. The zero-order chi connectivity index (χ0) is 11.3. The Kier molecular flexibility index (Phi) is 3.90. The second-order valence-corrected chi connectivity index (χ2v) is 3.06. The van der Waals surface area contributed by atoms with Gasteiger partial charge in [-0.05, 0) is 35.4 Å². The summed E-state index contributed by atoms with van der Waals surface area (Å²) in [5.74, 6) is 0.711. The minimum Gasteiger partial charge on any atom is -0.497 e. The van der Waals surface area contributed by atoms with Gasteiger partial charge in [0.15, 0.2) is 0 Å². The molecule has 1 rings (SSSR count). The highest BCUT2D eigenvalue weighted by Crippen LogP contribution is 2.14. The van der Waals surface area contributed by atoms with Crippen LogP contribution in [0.15, 0.2) is 29.8 Å². The number of ether oxygens (including phenoxy) is 1. The quantitative estimate of drug-likeness (QED) is 0.447. The minimum atomic E-state index is -0.756. The summed E-state index contributed by atoms with van der Waals surface area (Å²) in [5, 5.41) is 7.85. The van der Waals surface area contributed by atoms with Gasteiger partial charge in [-0.15, -0.1) is 0 Å². The first-order valence-corrected chi connectivity index (χ1v) is 4.51. The van der Waals surface area contributed by atoms with Crippen molar-refractivity contribution in [3.05, 3.63) is 35.4 Å². The van der Waals surface area contributed by atoms with E-state index in [1.807, 2.05) is 0 Å². The molecule has 0 saturated carbocycles. The van der Waals surface area contributed by atoms with Crippen LogP contribution in [0, 0.1) is 11.3 Å². The lowest BCUT2D eigenvalue weighted by Gasteiger charge is -1.99. The van der Waals surface area contributed by atoms with E-state index >= 15 is 0 Å². The van der Waals surface area contributed by atoms with E-state index < -0.39 is 5.24 Å². The van der Waals surface area contributed by atoms with Crippen LogP contribution >= 0.6 is 11.6 Å². The molecule has 1 aromatic carbocycles. The van der Waals surface area contributed by atoms with E-state index in [1.54, 1.807) is 37.4 Å². The second kappa shape index (κ2) is 5.18. The summed E-state index contributed by atoms with van der Waals surface area (Å²) < 4.78 is 4.97. The molecular formula is C11H8ClNO2. The van der Waals surface area contributed by atoms with Crippen LogP contribution in [0.25, 0.3) is 6.08 Å². The Hall–Kier alpha value is -1.79. The summed E-state index contributed by atoms with van der Waals surface area (Å²) in [6, 6.07) is 8.66. The molecule has 15 heavy (non-hydrogen) atoms. The molecule has 0 bridgehead atoms. The first-order chi connectivity index (χ1) is 7.17. The van der Waals surface area contributed by atoms with Crippen LogP contribution in [0.4, 0.5) is 0 Å². The predicted octanol–water partition coefficient (Wildman–Crippen LogP) is 2.37. The molecule has 0 aromatic heterocycles. The maximum atomic E-state index is 10.8. The van der Waals surface area contributed by atoms with Gasteiger partial charge in [0, 0.05) is 0 Å². The molecule has 0 atom stereocenters. The molecule has 0 radical (unpaired) electrons. The number of rotatable bonds is 3. The number of carbonyl (C=O) groups excluding carboxylic acids is 1. The standard InChI is InChI=1S/C11H8ClNO2/c1-15-10-4-2-8(3-5-10)6-9(7-13)11(12)14/h2-6H,1H3. The summed E-state index contributed by atoms with van der Waals surface area (Å²) in [5.41, 5.74) is 0.642. The second-order valence-electron chi connectivity index (χ2n) is 2.72. The average Bonchev–Trinajstić information content (AvgIpc) is 2.26. The molecule has 0 fully saturated rings. The molecule has 0 aliphatic carbocycles. The van der Waals surface area contributed by atoms with Gasteiger partial charge in [0.05, 0.1) is 7.11 Å². The topological polar surface area (TPSA) is 50.1 Å². The number of hydrogen-bond acceptors (Lipinski definition) is 3. The van der Waals surface area contributed by atoms with Gasteiger partial charge in [0.2, 0.25) is 0 Å². The first kappa shape index (κ1) is 11.3. The predicted molar refractivity (Wildman–Crippen MR) is 57.4 cm³/mol. The number of carbonyl (C=O) groups is 1. The Bertz CT molecular complexity index is 429. The SMILES string of the molecule is COc1ccc(C=C(C#N)C(=O)Cl)cc1. The molecule has 1 aromatic rings. The number of hydrogen-bond donors (Lipinski definition) is 0. The molecule has 3 nitrogen and oxygen atoms in total. The maximum absolute atomic E-state index is 10.8. The van der Waals surface area contributed by atoms with Gasteiger partial charge in [-0.25, -0.2) is 0 Å². The molecular weight excluding hydrogens is 214 g/mol. The highest BCUT2D eigenvalue weighted by molar-refractivity contribution is 6.68. The van der Waals surface area contributed by atoms with E-state index in [9.17, 15) is 4.79 Å². The fourth-order valence-corrected chi connectivity index (χ4v) is 1.10. The lowest BCUT2D eigenvalue weighted by Crippen LogP contribution is -1.89. The lowest BCUT2D eigenvalue weighted by atomic mass is 10.1. The number of nitriles is 1. The number of halogens is 1. The van der Waals surface area contributed by atoms with Gasteiger partial charge in [-0.2, -0.15) is 5.26 Å². The lowest BCUT2D eigenvalue weighted by molar-refractivity contribution is -0.108. The molecule has 0 heterocycles. The molecule has 0 aliphatic rings. The van der Waals surface area contributed by atoms with Gasteiger partial charge in [-0.1, -0.05) is 12.1 Å². The Morgan fingerprint density at radius 2 is 2.07 bits per heavy atom. The number of methoxy groups -OCH3 is 1. The highest BCUT2D eigenvalue weighted by Gasteiger charge is 2.04. The molecule has 4 heteroatoms. The smallest absolute Gasteiger partial charge is 0.262 e. The third-order valence-electron chi connectivity index (χ3n) is 1.76. The molecule has 0 amide bonds. The summed E-state index contributed by atoms with van der Waals surface area (Å²) >= 11 is 5.20. The zero-order valence-electron chi connectivity index (χ0n) is 8.03. The van der Waals surface area contributed by atoms with E-state index in [2.05, 4.69) is 0 Å². The van der Waals surface area contributed by atoms with Crippen LogP contribution < -0.4 is 4.74 Å². The van der Waals surface area contributed by atoms with Crippen molar-refractivity contribution in [3.8, 4) is 11.8 Å². The Morgan fingerprint density at radius 3 is 2.47 bits per heavy atom. The van der Waals surface area contributed by atoms with Crippen LogP contribution in [-0.4, -0.2) is 12.4 Å². The summed E-state index contributed by atoms with van der Waals surface area (Å²) in [4.78, 5) is 10.8. The highest BCUT2D eigenvalue weighted by atomic mass is 35.5. The van der Waals surface area contributed by atoms with Crippen molar-refractivity contribution >= 4 is 22.9 Å². The van der Waals surface area contributed by atoms with E-state index in [4.69, 9.17) is 21.6 Å². The molecule has 0 aliphatic heterocycles. The summed E-state index contributed by atoms with van der Waals surface area (Å²) in [7, 11) is 1.56. The largest absolute Gasteiger partial charge is 0.497 e. The van der Waals surface area contributed by atoms with E-state index in [0.717, 1.165) is 5.56 Å². The van der Waals surface area contributed by atoms with Crippen molar-refractivity contribution in [2.45, 2.75) is 0 Å². The average molecular weight is 222 g/mol. The Labute approximate surface area is 92.5 Å². The zero-order valence-corrected chi connectivity index (χ0v) is 8.78. The van der Waals surface area contributed by atoms with Gasteiger partial charge >= 0.3 is 0 Å². The molecule has 76 valence electrons. The van der Waals surface area contributed by atoms with Gasteiger partial charge in [-0.3, -0.25) is 4.79 Å². The Balaban J connectivity index is 2.98. The fraction of sp³-hybridized carbons (Fsp3) is 0.0909.